The Morgan fingerprint density at radius 1 is 1.38 bits per heavy atom. The van der Waals surface area contributed by atoms with Crippen molar-refractivity contribution >= 4 is 48.2 Å². The Bertz CT molecular complexity index is 1190. The van der Waals surface area contributed by atoms with E-state index in [2.05, 4.69) is 15.0 Å². The largest absolute Gasteiger partial charge is 1.00 e. The third-order valence-electron chi connectivity index (χ3n) is 4.96. The minimum atomic E-state index is -4.19. The van der Waals surface area contributed by atoms with Crippen LogP contribution in [0, 0.1) is 0 Å². The van der Waals surface area contributed by atoms with Gasteiger partial charge in [-0.05, 0) is 24.3 Å². The van der Waals surface area contributed by atoms with E-state index in [-0.39, 0.29) is 43.4 Å². The van der Waals surface area contributed by atoms with Gasteiger partial charge < -0.3 is 21.5 Å². The van der Waals surface area contributed by atoms with Crippen LogP contribution in [0.3, 0.4) is 0 Å². The quantitative estimate of drug-likeness (QED) is 0.355. The molecule has 3 N–H and O–H groups in total. The molecule has 2 aromatic heterocycles. The van der Waals surface area contributed by atoms with E-state index in [0.29, 0.717) is 21.3 Å². The Balaban J connectivity index is 0.00000153. The molecule has 1 aromatic carbocycles. The van der Waals surface area contributed by atoms with Crippen LogP contribution in [0.25, 0.3) is 11.2 Å². The number of ether oxygens (including phenoxy) is 2. The number of methoxy groups -OCH3 is 1. The summed E-state index contributed by atoms with van der Waals surface area (Å²) < 4.78 is 35.6. The van der Waals surface area contributed by atoms with Gasteiger partial charge in [0.15, 0.2) is 28.4 Å². The smallest absolute Gasteiger partial charge is 1.00 e. The van der Waals surface area contributed by atoms with Gasteiger partial charge in [0.25, 0.3) is 0 Å². The molecule has 5 rings (SSSR count). The molecule has 2 aliphatic heterocycles. The van der Waals surface area contributed by atoms with E-state index in [1.54, 1.807) is 16.7 Å². The van der Waals surface area contributed by atoms with Crippen molar-refractivity contribution in [1.29, 1.82) is 0 Å². The molecule has 166 valence electrons. The zero-order chi connectivity index (χ0) is 21.8. The number of fused-ring (bicyclic) bond motifs is 2. The minimum Gasteiger partial charge on any atom is -1.00 e. The molecular formula is C17H18ClN5NaO6PS. The van der Waals surface area contributed by atoms with E-state index in [9.17, 15) is 9.46 Å². The standard InChI is InChI=1S/C17H17ClN5O6PS.Na.H/c1-26-13-12-10(6-27-30(24,25)29-12)28-16(13)23-15-11(14(19)20-7-21-15)22-17(23)31-9-4-2-8(18)3-5-9;;/h2-5,7,10,12-13,16H,6H2,1H3,(H,24,25)(H2,19,20,21);;/q;+1;-1. The van der Waals surface area contributed by atoms with E-state index in [1.165, 1.54) is 25.2 Å². The number of nitrogens with zero attached hydrogens (tertiary/aromatic N) is 4. The molecule has 15 heteroatoms. The van der Waals surface area contributed by atoms with Crippen LogP contribution in [0.4, 0.5) is 5.82 Å². The molecule has 4 heterocycles. The van der Waals surface area contributed by atoms with Gasteiger partial charge in [-0.3, -0.25) is 13.6 Å². The van der Waals surface area contributed by atoms with Crippen molar-refractivity contribution in [1.82, 2.24) is 19.5 Å². The van der Waals surface area contributed by atoms with Crippen LogP contribution in [-0.4, -0.2) is 56.4 Å². The zero-order valence-corrected chi connectivity index (χ0v) is 21.5. The first kappa shape index (κ1) is 24.4. The Kier molecular flexibility index (Phi) is 7.21. The van der Waals surface area contributed by atoms with Gasteiger partial charge in [-0.15, -0.1) is 0 Å². The summed E-state index contributed by atoms with van der Waals surface area (Å²) in [5.41, 5.74) is 6.86. The molecule has 0 bridgehead atoms. The summed E-state index contributed by atoms with van der Waals surface area (Å²) in [6, 6.07) is 7.25. The predicted octanol–water partition coefficient (Wildman–Crippen LogP) is -0.242. The van der Waals surface area contributed by atoms with Crippen LogP contribution >= 0.6 is 31.2 Å². The third-order valence-corrected chi connectivity index (χ3v) is 7.18. The monoisotopic (exact) mass is 509 g/mol. The van der Waals surface area contributed by atoms with Crippen molar-refractivity contribution < 1.29 is 59.0 Å². The fourth-order valence-electron chi connectivity index (χ4n) is 3.60. The van der Waals surface area contributed by atoms with Gasteiger partial charge in [0.1, 0.15) is 24.6 Å². The van der Waals surface area contributed by atoms with Crippen LogP contribution < -0.4 is 35.3 Å². The summed E-state index contributed by atoms with van der Waals surface area (Å²) in [5, 5.41) is 1.13. The maximum absolute atomic E-state index is 12.0. The van der Waals surface area contributed by atoms with Crippen LogP contribution in [0.15, 0.2) is 40.6 Å². The number of halogens is 1. The molecule has 0 radical (unpaired) electrons. The van der Waals surface area contributed by atoms with E-state index >= 15 is 0 Å². The number of nitrogen functional groups attached to an aromatic ring is 1. The molecule has 3 aromatic rings. The molecule has 0 spiro atoms. The van der Waals surface area contributed by atoms with Crippen molar-refractivity contribution in [2.75, 3.05) is 19.5 Å². The molecule has 32 heavy (non-hydrogen) atoms. The number of rotatable bonds is 4. The van der Waals surface area contributed by atoms with E-state index in [4.69, 9.17) is 35.9 Å². The Morgan fingerprint density at radius 3 is 2.84 bits per heavy atom. The first-order valence-corrected chi connectivity index (χ1v) is 11.8. The second-order valence-corrected chi connectivity index (χ2v) is 9.73. The maximum Gasteiger partial charge on any atom is 1.00 e. The van der Waals surface area contributed by atoms with Gasteiger partial charge in [-0.1, -0.05) is 23.4 Å². The second kappa shape index (κ2) is 9.47. The third kappa shape index (κ3) is 4.47. The first-order valence-electron chi connectivity index (χ1n) is 9.12. The van der Waals surface area contributed by atoms with Crippen LogP contribution in [0.2, 0.25) is 5.02 Å². The summed E-state index contributed by atoms with van der Waals surface area (Å²) in [5.74, 6) is 0.213. The van der Waals surface area contributed by atoms with E-state index < -0.39 is 32.4 Å². The minimum absolute atomic E-state index is 0. The summed E-state index contributed by atoms with van der Waals surface area (Å²) in [6.07, 6.45) is -1.60. The van der Waals surface area contributed by atoms with Gasteiger partial charge >= 0.3 is 37.4 Å². The molecule has 11 nitrogen and oxygen atoms in total. The molecule has 0 saturated carbocycles. The SMILES string of the molecule is COC1C2OP(=O)(O)OCC2OC1n1c(Sc2ccc(Cl)cc2)nc2c(N)ncnc21.[H-].[Na+]. The van der Waals surface area contributed by atoms with E-state index in [0.717, 1.165) is 4.90 Å². The molecule has 2 aliphatic rings. The van der Waals surface area contributed by atoms with Crippen LogP contribution in [0.5, 0.6) is 0 Å². The first-order chi connectivity index (χ1) is 14.9. The maximum atomic E-state index is 12.0. The fourth-order valence-corrected chi connectivity index (χ4v) is 5.59. The average Bonchev–Trinajstić information content (AvgIpc) is 3.26. The van der Waals surface area contributed by atoms with E-state index in [1.807, 2.05) is 12.1 Å². The van der Waals surface area contributed by atoms with Gasteiger partial charge in [0.05, 0.1) is 6.61 Å². The van der Waals surface area contributed by atoms with Gasteiger partial charge in [0.2, 0.25) is 0 Å². The molecule has 5 unspecified atom stereocenters. The van der Waals surface area contributed by atoms with Gasteiger partial charge in [-0.25, -0.2) is 19.5 Å². The molecule has 5 atom stereocenters. The number of aromatic nitrogens is 4. The van der Waals surface area contributed by atoms with Crippen LogP contribution in [-0.2, 0) is 23.1 Å². The zero-order valence-electron chi connectivity index (χ0n) is 18.0. The number of anilines is 1. The number of phosphoric ester groups is 1. The van der Waals surface area contributed by atoms with Gasteiger partial charge in [0, 0.05) is 17.0 Å². The molecule has 2 fully saturated rings. The Hall–Kier alpha value is -0.760. The molecular weight excluding hydrogens is 492 g/mol. The Labute approximate surface area is 215 Å². The number of hydrogen-bond acceptors (Lipinski definition) is 10. The topological polar surface area (TPSA) is 144 Å². The van der Waals surface area contributed by atoms with Crippen LogP contribution in [0.1, 0.15) is 7.65 Å². The van der Waals surface area contributed by atoms with Crippen molar-refractivity contribution in [3.8, 4) is 0 Å². The summed E-state index contributed by atoms with van der Waals surface area (Å²) >= 11 is 7.34. The Morgan fingerprint density at radius 2 is 2.12 bits per heavy atom. The number of benzene rings is 1. The number of nitrogens with two attached hydrogens (primary N) is 1. The van der Waals surface area contributed by atoms with Gasteiger partial charge in [-0.2, -0.15) is 0 Å². The van der Waals surface area contributed by atoms with Crippen molar-refractivity contribution in [2.45, 2.75) is 34.6 Å². The summed E-state index contributed by atoms with van der Waals surface area (Å²) in [7, 11) is -2.71. The number of phosphoric acid groups is 1. The summed E-state index contributed by atoms with van der Waals surface area (Å²) in [6.45, 7) is -0.113. The normalized spacial score (nSPS) is 29.6. The molecule has 2 saturated heterocycles. The number of imidazole rings is 1. The van der Waals surface area contributed by atoms with Crippen molar-refractivity contribution in [3.05, 3.63) is 35.6 Å². The average molecular weight is 510 g/mol. The second-order valence-electron chi connectivity index (χ2n) is 6.85. The summed E-state index contributed by atoms with van der Waals surface area (Å²) in [4.78, 5) is 23.6. The van der Waals surface area contributed by atoms with Crippen molar-refractivity contribution in [3.63, 3.8) is 0 Å². The fraction of sp³-hybridized carbons (Fsp3) is 0.353. The molecule has 0 aliphatic carbocycles. The number of hydrogen-bond donors (Lipinski definition) is 2. The molecule has 0 amide bonds. The van der Waals surface area contributed by atoms with Crippen molar-refractivity contribution in [2.24, 2.45) is 0 Å². The predicted molar refractivity (Wildman–Crippen MR) is 112 cm³/mol.